The van der Waals surface area contributed by atoms with E-state index in [4.69, 9.17) is 0 Å². The number of aryl methyl sites for hydroxylation is 3. The van der Waals surface area contributed by atoms with E-state index in [-0.39, 0.29) is 0 Å². The Hall–Kier alpha value is -2.03. The van der Waals surface area contributed by atoms with E-state index in [0.29, 0.717) is 0 Å². The smallest absolute Gasteiger partial charge is 0.0645 e. The van der Waals surface area contributed by atoms with Gasteiger partial charge in [0.25, 0.3) is 0 Å². The van der Waals surface area contributed by atoms with Crippen molar-refractivity contribution in [2.45, 2.75) is 20.4 Å². The second-order valence-electron chi connectivity index (χ2n) is 4.85. The van der Waals surface area contributed by atoms with Crippen LogP contribution in [0.4, 0.5) is 0 Å². The fourth-order valence-corrected chi connectivity index (χ4v) is 2.50. The fourth-order valence-electron chi connectivity index (χ4n) is 2.50. The molecule has 0 saturated carbocycles. The lowest BCUT2D eigenvalue weighted by molar-refractivity contribution is 0.673. The molecule has 0 fully saturated rings. The zero-order valence-electron chi connectivity index (χ0n) is 11.0. The number of hydrogen-bond donors (Lipinski definition) is 0. The van der Waals surface area contributed by atoms with E-state index >= 15 is 0 Å². The Morgan fingerprint density at radius 2 is 2.00 bits per heavy atom. The quantitative estimate of drug-likeness (QED) is 0.674. The summed E-state index contributed by atoms with van der Waals surface area (Å²) in [7, 11) is 2.00. The first-order valence-corrected chi connectivity index (χ1v) is 6.19. The van der Waals surface area contributed by atoms with Crippen LogP contribution in [0.3, 0.4) is 0 Å². The highest BCUT2D eigenvalue weighted by Gasteiger charge is 2.06. The molecule has 92 valence electrons. The first-order chi connectivity index (χ1) is 8.65. The van der Waals surface area contributed by atoms with Crippen LogP contribution in [0.25, 0.3) is 10.9 Å². The van der Waals surface area contributed by atoms with Crippen LogP contribution in [-0.4, -0.2) is 14.3 Å². The highest BCUT2D eigenvalue weighted by atomic mass is 15.3. The second kappa shape index (κ2) is 4.02. The maximum Gasteiger partial charge on any atom is 0.0645 e. The number of fused-ring (bicyclic) bond motifs is 1. The van der Waals surface area contributed by atoms with Gasteiger partial charge >= 0.3 is 0 Å². The Kier molecular flexibility index (Phi) is 2.47. The van der Waals surface area contributed by atoms with Crippen LogP contribution in [0.15, 0.2) is 36.5 Å². The minimum Gasteiger partial charge on any atom is -0.341 e. The zero-order chi connectivity index (χ0) is 12.7. The molecule has 0 spiro atoms. The van der Waals surface area contributed by atoms with Crippen molar-refractivity contribution in [3.63, 3.8) is 0 Å². The molecular formula is C15H17N3. The van der Waals surface area contributed by atoms with Gasteiger partial charge in [-0.3, -0.25) is 4.68 Å². The predicted molar refractivity (Wildman–Crippen MR) is 73.7 cm³/mol. The second-order valence-corrected chi connectivity index (χ2v) is 4.85. The van der Waals surface area contributed by atoms with Crippen LogP contribution < -0.4 is 0 Å². The molecule has 3 heteroatoms. The third kappa shape index (κ3) is 1.72. The molecule has 0 aliphatic carbocycles. The SMILES string of the molecule is Cc1cc(Cn2ccc3c(C)cccc32)n(C)n1. The van der Waals surface area contributed by atoms with Crippen molar-refractivity contribution in [3.8, 4) is 0 Å². The van der Waals surface area contributed by atoms with Crippen molar-refractivity contribution in [2.24, 2.45) is 7.05 Å². The minimum atomic E-state index is 0.865. The van der Waals surface area contributed by atoms with Gasteiger partial charge in [-0.2, -0.15) is 5.10 Å². The number of aromatic nitrogens is 3. The maximum absolute atomic E-state index is 4.39. The standard InChI is InChI=1S/C15H17N3/c1-11-5-4-6-15-14(11)7-8-18(15)10-13-9-12(2)16-17(13)3/h4-9H,10H2,1-3H3. The van der Waals surface area contributed by atoms with Gasteiger partial charge in [-0.15, -0.1) is 0 Å². The Balaban J connectivity index is 2.05. The van der Waals surface area contributed by atoms with Gasteiger partial charge < -0.3 is 4.57 Å². The minimum absolute atomic E-state index is 0.865. The largest absolute Gasteiger partial charge is 0.341 e. The summed E-state index contributed by atoms with van der Waals surface area (Å²) in [5.74, 6) is 0. The molecule has 0 aliphatic rings. The third-order valence-electron chi connectivity index (χ3n) is 3.46. The Morgan fingerprint density at radius 1 is 1.17 bits per heavy atom. The molecule has 3 aromatic rings. The van der Waals surface area contributed by atoms with Crippen molar-refractivity contribution < 1.29 is 0 Å². The van der Waals surface area contributed by atoms with Gasteiger partial charge in [0.15, 0.2) is 0 Å². The van der Waals surface area contributed by atoms with Crippen LogP contribution in [0.2, 0.25) is 0 Å². The van der Waals surface area contributed by atoms with E-state index in [2.05, 4.69) is 53.1 Å². The lowest BCUT2D eigenvalue weighted by Crippen LogP contribution is -2.04. The molecule has 18 heavy (non-hydrogen) atoms. The van der Waals surface area contributed by atoms with Crippen molar-refractivity contribution in [1.29, 1.82) is 0 Å². The molecule has 0 atom stereocenters. The molecule has 2 heterocycles. The van der Waals surface area contributed by atoms with Crippen molar-refractivity contribution in [2.75, 3.05) is 0 Å². The van der Waals surface area contributed by atoms with Gasteiger partial charge in [0.1, 0.15) is 0 Å². The summed E-state index contributed by atoms with van der Waals surface area (Å²) in [5.41, 5.74) is 4.91. The summed E-state index contributed by atoms with van der Waals surface area (Å²) < 4.78 is 4.23. The van der Waals surface area contributed by atoms with Crippen LogP contribution in [0.1, 0.15) is 17.0 Å². The van der Waals surface area contributed by atoms with E-state index in [9.17, 15) is 0 Å². The van der Waals surface area contributed by atoms with Gasteiger partial charge in [0.05, 0.1) is 17.9 Å². The first-order valence-electron chi connectivity index (χ1n) is 6.19. The zero-order valence-corrected chi connectivity index (χ0v) is 11.0. The van der Waals surface area contributed by atoms with Crippen molar-refractivity contribution in [3.05, 3.63) is 53.5 Å². The Bertz CT molecular complexity index is 704. The van der Waals surface area contributed by atoms with Gasteiger partial charge in [-0.1, -0.05) is 12.1 Å². The lowest BCUT2D eigenvalue weighted by atomic mass is 10.1. The molecule has 1 aromatic carbocycles. The monoisotopic (exact) mass is 239 g/mol. The lowest BCUT2D eigenvalue weighted by Gasteiger charge is -2.06. The first kappa shape index (κ1) is 11.1. The normalized spacial score (nSPS) is 11.3. The molecule has 3 nitrogen and oxygen atoms in total. The van der Waals surface area contributed by atoms with Crippen LogP contribution in [0.5, 0.6) is 0 Å². The molecule has 0 aliphatic heterocycles. The van der Waals surface area contributed by atoms with Gasteiger partial charge in [0.2, 0.25) is 0 Å². The predicted octanol–water partition coefficient (Wildman–Crippen LogP) is 3.04. The number of nitrogens with zero attached hydrogens (tertiary/aromatic N) is 3. The van der Waals surface area contributed by atoms with E-state index in [1.54, 1.807) is 0 Å². The van der Waals surface area contributed by atoms with E-state index in [1.807, 2.05) is 18.7 Å². The molecule has 0 saturated heterocycles. The molecular weight excluding hydrogens is 222 g/mol. The number of rotatable bonds is 2. The molecule has 0 bridgehead atoms. The molecule has 0 amide bonds. The van der Waals surface area contributed by atoms with Crippen molar-refractivity contribution in [1.82, 2.24) is 14.3 Å². The summed E-state index contributed by atoms with van der Waals surface area (Å²) in [5, 5.41) is 5.72. The summed E-state index contributed by atoms with van der Waals surface area (Å²) in [6.07, 6.45) is 2.15. The average molecular weight is 239 g/mol. The molecule has 0 N–H and O–H groups in total. The summed E-state index contributed by atoms with van der Waals surface area (Å²) in [6.45, 7) is 5.05. The van der Waals surface area contributed by atoms with Gasteiger partial charge in [-0.05, 0) is 37.6 Å². The molecule has 2 aromatic heterocycles. The number of hydrogen-bond acceptors (Lipinski definition) is 1. The molecule has 0 radical (unpaired) electrons. The van der Waals surface area contributed by atoms with Crippen LogP contribution in [-0.2, 0) is 13.6 Å². The summed E-state index contributed by atoms with van der Waals surface area (Å²) in [6, 6.07) is 10.8. The highest BCUT2D eigenvalue weighted by Crippen LogP contribution is 2.20. The average Bonchev–Trinajstić information content (AvgIpc) is 2.86. The van der Waals surface area contributed by atoms with Gasteiger partial charge in [-0.25, -0.2) is 0 Å². The van der Waals surface area contributed by atoms with Crippen LogP contribution in [0, 0.1) is 13.8 Å². The summed E-state index contributed by atoms with van der Waals surface area (Å²) in [4.78, 5) is 0. The van der Waals surface area contributed by atoms with Gasteiger partial charge in [0, 0.05) is 24.1 Å². The van der Waals surface area contributed by atoms with E-state index < -0.39 is 0 Å². The highest BCUT2D eigenvalue weighted by molar-refractivity contribution is 5.83. The topological polar surface area (TPSA) is 22.8 Å². The Labute approximate surface area is 107 Å². The van der Waals surface area contributed by atoms with E-state index in [0.717, 1.165) is 12.2 Å². The maximum atomic E-state index is 4.39. The fraction of sp³-hybridized carbons (Fsp3) is 0.267. The van der Waals surface area contributed by atoms with Crippen molar-refractivity contribution >= 4 is 10.9 Å². The van der Waals surface area contributed by atoms with E-state index in [1.165, 1.54) is 22.2 Å². The van der Waals surface area contributed by atoms with Crippen LogP contribution >= 0.6 is 0 Å². The number of benzene rings is 1. The molecule has 3 rings (SSSR count). The Morgan fingerprint density at radius 3 is 2.72 bits per heavy atom. The third-order valence-corrected chi connectivity index (χ3v) is 3.46. The summed E-state index contributed by atoms with van der Waals surface area (Å²) >= 11 is 0. The molecule has 0 unspecified atom stereocenters.